The van der Waals surface area contributed by atoms with Crippen molar-refractivity contribution in [1.29, 1.82) is 0 Å². The first-order valence-electron chi connectivity index (χ1n) is 8.37. The number of thioether (sulfide) groups is 1. The molecule has 1 amide bonds. The van der Waals surface area contributed by atoms with Gasteiger partial charge < -0.3 is 9.84 Å². The number of rotatable bonds is 4. The van der Waals surface area contributed by atoms with Crippen LogP contribution in [0.1, 0.15) is 56.9 Å². The van der Waals surface area contributed by atoms with Crippen LogP contribution in [0.3, 0.4) is 0 Å². The summed E-state index contributed by atoms with van der Waals surface area (Å²) in [6.07, 6.45) is 1.67. The number of nitrogens with zero attached hydrogens (tertiary/aromatic N) is 2. The molecule has 0 saturated heterocycles. The molecule has 1 atom stereocenters. The van der Waals surface area contributed by atoms with Crippen molar-refractivity contribution >= 4 is 29.3 Å². The Morgan fingerprint density at radius 1 is 1.44 bits per heavy atom. The van der Waals surface area contributed by atoms with E-state index in [9.17, 15) is 4.79 Å². The fraction of sp³-hybridized carbons (Fsp3) is 0.500. The molecule has 3 rings (SSSR count). The fourth-order valence-electron chi connectivity index (χ4n) is 2.66. The monoisotopic (exact) mass is 379 g/mol. The lowest BCUT2D eigenvalue weighted by molar-refractivity contribution is -0.121. The van der Waals surface area contributed by atoms with Crippen molar-refractivity contribution in [3.05, 3.63) is 40.5 Å². The number of hydrogen-bond acceptors (Lipinski definition) is 5. The molecular weight excluding hydrogens is 358 g/mol. The number of aryl methyl sites for hydroxylation is 1. The van der Waals surface area contributed by atoms with Gasteiger partial charge in [-0.25, -0.2) is 0 Å². The number of amides is 1. The third kappa shape index (κ3) is 4.55. The minimum Gasteiger partial charge on any atom is -0.349 e. The second kappa shape index (κ2) is 7.38. The summed E-state index contributed by atoms with van der Waals surface area (Å²) < 4.78 is 5.24. The highest BCUT2D eigenvalue weighted by molar-refractivity contribution is 7.99. The molecule has 1 aromatic carbocycles. The average molecular weight is 380 g/mol. The van der Waals surface area contributed by atoms with Gasteiger partial charge in [-0.15, -0.1) is 11.8 Å². The van der Waals surface area contributed by atoms with E-state index >= 15 is 0 Å². The van der Waals surface area contributed by atoms with Crippen molar-refractivity contribution in [3.8, 4) is 0 Å². The van der Waals surface area contributed by atoms with Gasteiger partial charge in [-0.3, -0.25) is 4.79 Å². The van der Waals surface area contributed by atoms with Crippen molar-refractivity contribution in [2.45, 2.75) is 56.4 Å². The van der Waals surface area contributed by atoms with Crippen LogP contribution < -0.4 is 5.32 Å². The van der Waals surface area contributed by atoms with Crippen molar-refractivity contribution in [2.75, 3.05) is 5.75 Å². The van der Waals surface area contributed by atoms with Crippen LogP contribution in [0.5, 0.6) is 0 Å². The van der Waals surface area contributed by atoms with E-state index < -0.39 is 0 Å². The molecule has 1 aliphatic rings. The Bertz CT molecular complexity index is 770. The van der Waals surface area contributed by atoms with Crippen LogP contribution in [0.15, 0.2) is 27.6 Å². The van der Waals surface area contributed by atoms with Gasteiger partial charge in [-0.1, -0.05) is 37.5 Å². The molecule has 25 heavy (non-hydrogen) atoms. The van der Waals surface area contributed by atoms with Crippen LogP contribution in [-0.4, -0.2) is 21.8 Å². The van der Waals surface area contributed by atoms with Crippen molar-refractivity contribution in [2.24, 2.45) is 0 Å². The summed E-state index contributed by atoms with van der Waals surface area (Å²) in [5, 5.41) is 7.79. The Labute approximate surface area is 156 Å². The quantitative estimate of drug-likeness (QED) is 0.857. The van der Waals surface area contributed by atoms with Gasteiger partial charge in [0.15, 0.2) is 5.82 Å². The summed E-state index contributed by atoms with van der Waals surface area (Å²) in [5.41, 5.74) is 0.942. The smallest absolute Gasteiger partial charge is 0.227 e. The molecule has 134 valence electrons. The van der Waals surface area contributed by atoms with Gasteiger partial charge in [0.05, 0.1) is 6.04 Å². The van der Waals surface area contributed by atoms with E-state index in [1.165, 1.54) is 4.90 Å². The molecule has 0 radical (unpaired) electrons. The van der Waals surface area contributed by atoms with Crippen molar-refractivity contribution in [3.63, 3.8) is 0 Å². The molecule has 2 aromatic rings. The molecule has 0 fully saturated rings. The lowest BCUT2D eigenvalue weighted by Gasteiger charge is -2.26. The Kier molecular flexibility index (Phi) is 5.39. The van der Waals surface area contributed by atoms with E-state index in [1.807, 2.05) is 39.0 Å². The highest BCUT2D eigenvalue weighted by atomic mass is 35.5. The molecule has 5 nitrogen and oxygen atoms in total. The minimum atomic E-state index is -0.160. The van der Waals surface area contributed by atoms with Crippen molar-refractivity contribution in [1.82, 2.24) is 15.5 Å². The van der Waals surface area contributed by atoms with E-state index in [0.29, 0.717) is 29.6 Å². The molecule has 1 N–H and O–H groups in total. The van der Waals surface area contributed by atoms with Gasteiger partial charge in [0.1, 0.15) is 0 Å². The number of carbonyl (C=O) groups excluding carboxylic acids is 1. The number of carbonyl (C=O) groups is 1. The molecular formula is C18H22ClN3O2S. The van der Waals surface area contributed by atoms with E-state index in [4.69, 9.17) is 16.1 Å². The predicted molar refractivity (Wildman–Crippen MR) is 99.0 cm³/mol. The fourth-order valence-corrected chi connectivity index (χ4v) is 3.95. The summed E-state index contributed by atoms with van der Waals surface area (Å²) in [5.74, 6) is 2.13. The Morgan fingerprint density at radius 2 is 2.24 bits per heavy atom. The highest BCUT2D eigenvalue weighted by Crippen LogP contribution is 2.37. The summed E-state index contributed by atoms with van der Waals surface area (Å²) in [7, 11) is 0. The zero-order valence-corrected chi connectivity index (χ0v) is 16.2. The maximum Gasteiger partial charge on any atom is 0.227 e. The molecule has 0 bridgehead atoms. The minimum absolute atomic E-state index is 0.00951. The molecule has 0 saturated carbocycles. The molecule has 0 aliphatic carbocycles. The summed E-state index contributed by atoms with van der Waals surface area (Å²) in [6.45, 7) is 6.08. The van der Waals surface area contributed by atoms with Crippen LogP contribution >= 0.6 is 23.4 Å². The number of fused-ring (bicyclic) bond motifs is 1. The number of benzene rings is 1. The van der Waals surface area contributed by atoms with Gasteiger partial charge in [0.2, 0.25) is 11.8 Å². The SMILES string of the molecule is CC(C)(C)c1noc(CCC(=O)NC2CCSc3ccc(Cl)cc32)n1. The van der Waals surface area contributed by atoms with Crippen LogP contribution in [0.4, 0.5) is 0 Å². The number of aromatic nitrogens is 2. The standard InChI is InChI=1S/C18H22ClN3O2S/c1-18(2,3)17-21-16(24-22-17)7-6-15(23)20-13-8-9-25-14-5-4-11(19)10-12(13)14/h4-5,10,13H,6-9H2,1-3H3,(H,20,23). The highest BCUT2D eigenvalue weighted by Gasteiger charge is 2.24. The van der Waals surface area contributed by atoms with Gasteiger partial charge in [-0.05, 0) is 30.2 Å². The number of nitrogens with one attached hydrogen (secondary N) is 1. The Balaban J connectivity index is 1.59. The van der Waals surface area contributed by atoms with Gasteiger partial charge in [0, 0.05) is 33.9 Å². The van der Waals surface area contributed by atoms with Gasteiger partial charge >= 0.3 is 0 Å². The van der Waals surface area contributed by atoms with Gasteiger partial charge in [0.25, 0.3) is 0 Å². The maximum absolute atomic E-state index is 12.3. The topological polar surface area (TPSA) is 68.0 Å². The molecule has 1 aromatic heterocycles. The number of halogens is 1. The van der Waals surface area contributed by atoms with Crippen LogP contribution in [0.2, 0.25) is 5.02 Å². The average Bonchev–Trinajstić information content (AvgIpc) is 3.03. The van der Waals surface area contributed by atoms with E-state index in [-0.39, 0.29) is 17.4 Å². The first-order chi connectivity index (χ1) is 11.8. The van der Waals surface area contributed by atoms with Crippen LogP contribution in [0, 0.1) is 0 Å². The normalized spacial score (nSPS) is 17.2. The maximum atomic E-state index is 12.3. The van der Waals surface area contributed by atoms with E-state index in [0.717, 1.165) is 17.7 Å². The third-order valence-electron chi connectivity index (χ3n) is 4.05. The first kappa shape index (κ1) is 18.3. The molecule has 2 heterocycles. The largest absolute Gasteiger partial charge is 0.349 e. The Morgan fingerprint density at radius 3 is 2.96 bits per heavy atom. The molecule has 1 aliphatic heterocycles. The second-order valence-electron chi connectivity index (χ2n) is 7.20. The second-order valence-corrected chi connectivity index (χ2v) is 8.77. The third-order valence-corrected chi connectivity index (χ3v) is 5.41. The predicted octanol–water partition coefficient (Wildman–Crippen LogP) is 4.31. The molecule has 0 spiro atoms. The summed E-state index contributed by atoms with van der Waals surface area (Å²) >= 11 is 7.91. The lowest BCUT2D eigenvalue weighted by atomic mass is 9.96. The molecule has 1 unspecified atom stereocenters. The van der Waals surface area contributed by atoms with Gasteiger partial charge in [-0.2, -0.15) is 4.98 Å². The Hall–Kier alpha value is -1.53. The zero-order chi connectivity index (χ0) is 18.0. The zero-order valence-electron chi connectivity index (χ0n) is 14.6. The first-order valence-corrected chi connectivity index (χ1v) is 9.74. The number of hydrogen-bond donors (Lipinski definition) is 1. The van der Waals surface area contributed by atoms with Crippen LogP contribution in [-0.2, 0) is 16.6 Å². The van der Waals surface area contributed by atoms with E-state index in [2.05, 4.69) is 15.5 Å². The lowest BCUT2D eigenvalue weighted by Crippen LogP contribution is -2.30. The van der Waals surface area contributed by atoms with Crippen LogP contribution in [0.25, 0.3) is 0 Å². The summed E-state index contributed by atoms with van der Waals surface area (Å²) in [6, 6.07) is 5.87. The summed E-state index contributed by atoms with van der Waals surface area (Å²) in [4.78, 5) is 17.9. The molecule has 7 heteroatoms. The van der Waals surface area contributed by atoms with E-state index in [1.54, 1.807) is 11.8 Å². The van der Waals surface area contributed by atoms with Crippen molar-refractivity contribution < 1.29 is 9.32 Å².